The molecule has 0 aliphatic carbocycles. The average molecular weight is 484 g/mol. The van der Waals surface area contributed by atoms with E-state index in [0.717, 1.165) is 48.4 Å². The van der Waals surface area contributed by atoms with Crippen molar-refractivity contribution in [1.82, 2.24) is 4.90 Å². The fraction of sp³-hybridized carbons (Fsp3) is 0.435. The number of fused-ring (bicyclic) bond motifs is 1. The summed E-state index contributed by atoms with van der Waals surface area (Å²) in [6.45, 7) is 0.407. The number of sulfone groups is 1. The lowest BCUT2D eigenvalue weighted by Crippen LogP contribution is -2.27. The highest BCUT2D eigenvalue weighted by molar-refractivity contribution is 7.90. The minimum Gasteiger partial charge on any atom is -0.483 e. The summed E-state index contributed by atoms with van der Waals surface area (Å²) in [7, 11) is -3.67. The van der Waals surface area contributed by atoms with Gasteiger partial charge in [0.15, 0.2) is 16.4 Å². The molecule has 178 valence electrons. The van der Waals surface area contributed by atoms with Crippen molar-refractivity contribution in [2.45, 2.75) is 42.9 Å². The molecule has 0 unspecified atom stereocenters. The second-order valence-electron chi connectivity index (χ2n) is 8.41. The van der Waals surface area contributed by atoms with Crippen LogP contribution in [0.5, 0.6) is 5.75 Å². The SMILES string of the molecule is CS(=O)(=O)c1ccc(OCC(F)(F)F)c(C(=O)N2Cc3ccc(C4CCOCC4)cc3C2)c1. The lowest BCUT2D eigenvalue weighted by molar-refractivity contribution is -0.153. The highest BCUT2D eigenvalue weighted by Gasteiger charge is 2.32. The predicted octanol–water partition coefficient (Wildman–Crippen LogP) is 4.08. The number of rotatable bonds is 5. The van der Waals surface area contributed by atoms with E-state index in [1.165, 1.54) is 10.5 Å². The third-order valence-electron chi connectivity index (χ3n) is 5.93. The molecular formula is C23H24F3NO5S. The summed E-state index contributed by atoms with van der Waals surface area (Å²) >= 11 is 0. The number of amides is 1. The lowest BCUT2D eigenvalue weighted by Gasteiger charge is -2.22. The van der Waals surface area contributed by atoms with E-state index < -0.39 is 28.5 Å². The van der Waals surface area contributed by atoms with E-state index >= 15 is 0 Å². The van der Waals surface area contributed by atoms with Gasteiger partial charge in [-0.05, 0) is 53.6 Å². The van der Waals surface area contributed by atoms with Gasteiger partial charge in [0.2, 0.25) is 0 Å². The van der Waals surface area contributed by atoms with Crippen molar-refractivity contribution in [3.8, 4) is 5.75 Å². The molecule has 0 N–H and O–H groups in total. The summed E-state index contributed by atoms with van der Waals surface area (Å²) in [6, 6.07) is 9.41. The van der Waals surface area contributed by atoms with Crippen LogP contribution in [-0.2, 0) is 27.7 Å². The first-order valence-electron chi connectivity index (χ1n) is 10.5. The Hall–Kier alpha value is -2.59. The molecule has 2 aliphatic rings. The summed E-state index contributed by atoms with van der Waals surface area (Å²) in [5.41, 5.74) is 2.90. The van der Waals surface area contributed by atoms with Gasteiger partial charge in [-0.15, -0.1) is 0 Å². The van der Waals surface area contributed by atoms with Crippen LogP contribution in [0.2, 0.25) is 0 Å². The number of carbonyl (C=O) groups is 1. The topological polar surface area (TPSA) is 72.9 Å². The number of carbonyl (C=O) groups excluding carboxylic acids is 1. The third-order valence-corrected chi connectivity index (χ3v) is 7.04. The van der Waals surface area contributed by atoms with E-state index in [1.54, 1.807) is 0 Å². The van der Waals surface area contributed by atoms with Crippen LogP contribution in [0.1, 0.15) is 45.8 Å². The number of alkyl halides is 3. The quantitative estimate of drug-likeness (QED) is 0.641. The van der Waals surface area contributed by atoms with Gasteiger partial charge in [0, 0.05) is 32.6 Å². The molecule has 1 amide bonds. The van der Waals surface area contributed by atoms with E-state index in [9.17, 15) is 26.4 Å². The van der Waals surface area contributed by atoms with Crippen LogP contribution in [0.3, 0.4) is 0 Å². The fourth-order valence-corrected chi connectivity index (χ4v) is 4.85. The van der Waals surface area contributed by atoms with Gasteiger partial charge in [0.05, 0.1) is 10.5 Å². The first-order valence-corrected chi connectivity index (χ1v) is 12.4. The van der Waals surface area contributed by atoms with Gasteiger partial charge in [-0.2, -0.15) is 13.2 Å². The summed E-state index contributed by atoms with van der Waals surface area (Å²) < 4.78 is 72.3. The van der Waals surface area contributed by atoms with Crippen LogP contribution >= 0.6 is 0 Å². The zero-order valence-electron chi connectivity index (χ0n) is 18.0. The van der Waals surface area contributed by atoms with Crippen molar-refractivity contribution in [2.75, 3.05) is 26.1 Å². The molecule has 0 saturated carbocycles. The third kappa shape index (κ3) is 5.50. The smallest absolute Gasteiger partial charge is 0.422 e. The van der Waals surface area contributed by atoms with Gasteiger partial charge in [-0.25, -0.2) is 8.42 Å². The average Bonchev–Trinajstić information content (AvgIpc) is 3.20. The molecule has 0 atom stereocenters. The Balaban J connectivity index is 1.59. The van der Waals surface area contributed by atoms with Crippen LogP contribution in [0.25, 0.3) is 0 Å². The van der Waals surface area contributed by atoms with E-state index in [0.29, 0.717) is 19.1 Å². The molecule has 10 heteroatoms. The van der Waals surface area contributed by atoms with Crippen molar-refractivity contribution in [3.05, 3.63) is 58.7 Å². The molecular weight excluding hydrogens is 459 g/mol. The molecule has 1 fully saturated rings. The van der Waals surface area contributed by atoms with Crippen LogP contribution in [-0.4, -0.2) is 51.5 Å². The Morgan fingerprint density at radius 3 is 2.45 bits per heavy atom. The Morgan fingerprint density at radius 1 is 1.09 bits per heavy atom. The number of hydrogen-bond donors (Lipinski definition) is 0. The largest absolute Gasteiger partial charge is 0.483 e. The van der Waals surface area contributed by atoms with Crippen LogP contribution in [0, 0.1) is 0 Å². The van der Waals surface area contributed by atoms with Crippen molar-refractivity contribution < 1.29 is 35.9 Å². The van der Waals surface area contributed by atoms with Crippen LogP contribution < -0.4 is 4.74 Å². The Labute approximate surface area is 190 Å². The van der Waals surface area contributed by atoms with E-state index in [-0.39, 0.29) is 29.3 Å². The minimum atomic E-state index is -4.60. The summed E-state index contributed by atoms with van der Waals surface area (Å²) in [5.74, 6) is -0.493. The number of halogens is 3. The zero-order chi connectivity index (χ0) is 23.8. The Kier molecular flexibility index (Phi) is 6.41. The first-order chi connectivity index (χ1) is 15.5. The summed E-state index contributed by atoms with van der Waals surface area (Å²) in [6.07, 6.45) is -1.77. The van der Waals surface area contributed by atoms with E-state index in [4.69, 9.17) is 9.47 Å². The second kappa shape index (κ2) is 8.98. The maximum atomic E-state index is 13.3. The molecule has 0 bridgehead atoms. The molecule has 0 aromatic heterocycles. The summed E-state index contributed by atoms with van der Waals surface area (Å²) in [5, 5.41) is 0. The Bertz CT molecular complexity index is 1160. The maximum absolute atomic E-state index is 13.3. The number of benzene rings is 2. The van der Waals surface area contributed by atoms with Crippen LogP contribution in [0.4, 0.5) is 13.2 Å². The predicted molar refractivity (Wildman–Crippen MR) is 114 cm³/mol. The van der Waals surface area contributed by atoms with Crippen molar-refractivity contribution in [3.63, 3.8) is 0 Å². The standard InChI is InChI=1S/C23H24F3NO5S/c1-33(29,30)19-4-5-21(32-14-23(24,25)26)20(11-19)22(28)27-12-17-3-2-16(10-18(17)13-27)15-6-8-31-9-7-15/h2-5,10-11,15H,6-9,12-14H2,1H3. The van der Waals surface area contributed by atoms with Gasteiger partial charge in [0.1, 0.15) is 5.75 Å². The van der Waals surface area contributed by atoms with Crippen molar-refractivity contribution in [1.29, 1.82) is 0 Å². The van der Waals surface area contributed by atoms with Crippen molar-refractivity contribution >= 4 is 15.7 Å². The maximum Gasteiger partial charge on any atom is 0.422 e. The van der Waals surface area contributed by atoms with E-state index in [2.05, 4.69) is 6.07 Å². The molecule has 6 nitrogen and oxygen atoms in total. The molecule has 2 heterocycles. The highest BCUT2D eigenvalue weighted by Crippen LogP contribution is 2.33. The molecule has 4 rings (SSSR count). The molecule has 0 radical (unpaired) electrons. The van der Waals surface area contributed by atoms with Gasteiger partial charge in [-0.3, -0.25) is 4.79 Å². The number of nitrogens with zero attached hydrogens (tertiary/aromatic N) is 1. The summed E-state index contributed by atoms with van der Waals surface area (Å²) in [4.78, 5) is 14.6. The molecule has 2 aromatic carbocycles. The van der Waals surface area contributed by atoms with Gasteiger partial charge in [-0.1, -0.05) is 18.2 Å². The molecule has 33 heavy (non-hydrogen) atoms. The van der Waals surface area contributed by atoms with Gasteiger partial charge >= 0.3 is 6.18 Å². The Morgan fingerprint density at radius 2 is 1.79 bits per heavy atom. The lowest BCUT2D eigenvalue weighted by atomic mass is 9.90. The van der Waals surface area contributed by atoms with Crippen LogP contribution in [0.15, 0.2) is 41.3 Å². The first kappa shape index (κ1) is 23.6. The van der Waals surface area contributed by atoms with Gasteiger partial charge < -0.3 is 14.4 Å². The van der Waals surface area contributed by atoms with E-state index in [1.807, 2.05) is 12.1 Å². The zero-order valence-corrected chi connectivity index (χ0v) is 18.8. The molecule has 2 aliphatic heterocycles. The van der Waals surface area contributed by atoms with Gasteiger partial charge in [0.25, 0.3) is 5.91 Å². The molecule has 0 spiro atoms. The minimum absolute atomic E-state index is 0.163. The normalized spacial score (nSPS) is 17.2. The second-order valence-corrected chi connectivity index (χ2v) is 10.4. The van der Waals surface area contributed by atoms with Crippen molar-refractivity contribution in [2.24, 2.45) is 0 Å². The molecule has 1 saturated heterocycles. The number of hydrogen-bond acceptors (Lipinski definition) is 5. The molecule has 2 aromatic rings. The fourth-order valence-electron chi connectivity index (χ4n) is 4.21. The number of ether oxygens (including phenoxy) is 2. The monoisotopic (exact) mass is 483 g/mol. The highest BCUT2D eigenvalue weighted by atomic mass is 32.2.